The highest BCUT2D eigenvalue weighted by atomic mass is 16.5. The van der Waals surface area contributed by atoms with Gasteiger partial charge in [0.2, 0.25) is 0 Å². The Morgan fingerprint density at radius 2 is 2.07 bits per heavy atom. The molecular weight excluding hydrogens is 188 g/mol. The Morgan fingerprint density at radius 3 is 2.64 bits per heavy atom. The van der Waals surface area contributed by atoms with Crippen molar-refractivity contribution in [3.8, 4) is 0 Å². The molecule has 7 heteroatoms. The van der Waals surface area contributed by atoms with Gasteiger partial charge in [0, 0.05) is 7.11 Å². The molecular formula is C7H12N4O3. The zero-order valence-corrected chi connectivity index (χ0v) is 7.74. The highest BCUT2D eigenvalue weighted by Gasteiger charge is 2.07. The lowest BCUT2D eigenvalue weighted by molar-refractivity contribution is 0.186. The molecule has 7 nitrogen and oxygen atoms in total. The Bertz CT molecular complexity index is 434. The fourth-order valence-corrected chi connectivity index (χ4v) is 1.01. The molecule has 78 valence electrons. The molecule has 0 amide bonds. The number of hydrogen-bond donors (Lipinski definition) is 3. The Morgan fingerprint density at radius 1 is 1.43 bits per heavy atom. The zero-order chi connectivity index (χ0) is 10.7. The second-order valence-corrected chi connectivity index (χ2v) is 2.70. The van der Waals surface area contributed by atoms with Crippen LogP contribution >= 0.6 is 0 Å². The number of anilines is 2. The van der Waals surface area contributed by atoms with Crippen molar-refractivity contribution in [2.75, 3.05) is 25.2 Å². The predicted molar refractivity (Wildman–Crippen MR) is 52.0 cm³/mol. The summed E-state index contributed by atoms with van der Waals surface area (Å²) in [6.07, 6.45) is 0. The second-order valence-electron chi connectivity index (χ2n) is 2.70. The van der Waals surface area contributed by atoms with E-state index in [4.69, 9.17) is 16.2 Å². The Kier molecular flexibility index (Phi) is 2.92. The minimum atomic E-state index is -0.666. The number of rotatable bonds is 3. The number of ether oxygens (including phenoxy) is 1. The third kappa shape index (κ3) is 1.77. The Hall–Kier alpha value is -1.76. The first-order chi connectivity index (χ1) is 6.57. The van der Waals surface area contributed by atoms with Crippen molar-refractivity contribution < 1.29 is 4.74 Å². The highest BCUT2D eigenvalue weighted by molar-refractivity contribution is 5.56. The average Bonchev–Trinajstić information content (AvgIpc) is 2.14. The molecule has 0 saturated carbocycles. The van der Waals surface area contributed by atoms with E-state index < -0.39 is 11.2 Å². The summed E-state index contributed by atoms with van der Waals surface area (Å²) in [7, 11) is 1.50. The van der Waals surface area contributed by atoms with Crippen LogP contribution in [0.3, 0.4) is 0 Å². The fourth-order valence-electron chi connectivity index (χ4n) is 1.01. The summed E-state index contributed by atoms with van der Waals surface area (Å²) in [5.41, 5.74) is 9.44. The van der Waals surface area contributed by atoms with Gasteiger partial charge in [-0.15, -0.1) is 0 Å². The van der Waals surface area contributed by atoms with E-state index in [1.807, 2.05) is 4.98 Å². The maximum absolute atomic E-state index is 11.2. The lowest BCUT2D eigenvalue weighted by Gasteiger charge is -2.09. The molecule has 1 heterocycles. The van der Waals surface area contributed by atoms with Crippen LogP contribution in [0.5, 0.6) is 0 Å². The number of hydrogen-bond acceptors (Lipinski definition) is 5. The largest absolute Gasteiger partial charge is 0.391 e. The van der Waals surface area contributed by atoms with Crippen LogP contribution < -0.4 is 22.7 Å². The molecule has 0 atom stereocenters. The molecule has 0 radical (unpaired) electrons. The van der Waals surface area contributed by atoms with E-state index in [1.165, 1.54) is 7.11 Å². The molecule has 0 spiro atoms. The maximum Gasteiger partial charge on any atom is 0.330 e. The van der Waals surface area contributed by atoms with Gasteiger partial charge in [-0.1, -0.05) is 0 Å². The van der Waals surface area contributed by atoms with Gasteiger partial charge in [0.15, 0.2) is 0 Å². The van der Waals surface area contributed by atoms with Crippen molar-refractivity contribution in [2.24, 2.45) is 0 Å². The lowest BCUT2D eigenvalue weighted by atomic mass is 10.4. The standard InChI is InChI=1S/C7H12N4O3/c1-14-3-2-11-5(9)4(8)6(12)10-7(11)13/h2-3,8-9H2,1H3,(H,10,12,13). The minimum Gasteiger partial charge on any atom is -0.391 e. The second kappa shape index (κ2) is 3.97. The summed E-state index contributed by atoms with van der Waals surface area (Å²) in [6.45, 7) is 0.567. The highest BCUT2D eigenvalue weighted by Crippen LogP contribution is 2.03. The number of nitrogens with zero attached hydrogens (tertiary/aromatic N) is 1. The molecule has 5 N–H and O–H groups in total. The number of aromatic nitrogens is 2. The van der Waals surface area contributed by atoms with Crippen LogP contribution in [0, 0.1) is 0 Å². The summed E-state index contributed by atoms with van der Waals surface area (Å²) >= 11 is 0. The third-order valence-corrected chi connectivity index (χ3v) is 1.80. The van der Waals surface area contributed by atoms with Crippen LogP contribution in [0.25, 0.3) is 0 Å². The first-order valence-corrected chi connectivity index (χ1v) is 3.95. The fraction of sp³-hybridized carbons (Fsp3) is 0.429. The Labute approximate surface area is 79.3 Å². The van der Waals surface area contributed by atoms with E-state index in [9.17, 15) is 9.59 Å². The van der Waals surface area contributed by atoms with Crippen molar-refractivity contribution in [1.82, 2.24) is 9.55 Å². The molecule has 1 rings (SSSR count). The number of nitrogens with two attached hydrogens (primary N) is 2. The summed E-state index contributed by atoms with van der Waals surface area (Å²) in [6, 6.07) is 0. The van der Waals surface area contributed by atoms with E-state index in [1.54, 1.807) is 0 Å². The van der Waals surface area contributed by atoms with E-state index in [0.717, 1.165) is 4.57 Å². The molecule has 14 heavy (non-hydrogen) atoms. The first-order valence-electron chi connectivity index (χ1n) is 3.95. The summed E-state index contributed by atoms with van der Waals surface area (Å²) in [4.78, 5) is 24.3. The van der Waals surface area contributed by atoms with Gasteiger partial charge in [0.05, 0.1) is 13.2 Å². The average molecular weight is 200 g/mol. The van der Waals surface area contributed by atoms with Gasteiger partial charge in [-0.25, -0.2) is 4.79 Å². The number of aromatic amines is 1. The zero-order valence-electron chi connectivity index (χ0n) is 7.74. The van der Waals surface area contributed by atoms with Crippen LogP contribution in [-0.4, -0.2) is 23.3 Å². The van der Waals surface area contributed by atoms with E-state index >= 15 is 0 Å². The molecule has 0 aromatic carbocycles. The van der Waals surface area contributed by atoms with Crippen molar-refractivity contribution >= 4 is 11.5 Å². The number of methoxy groups -OCH3 is 1. The minimum absolute atomic E-state index is 0.0317. The molecule has 0 aliphatic heterocycles. The van der Waals surface area contributed by atoms with Crippen LogP contribution in [0.2, 0.25) is 0 Å². The quantitative estimate of drug-likeness (QED) is 0.540. The van der Waals surface area contributed by atoms with Crippen molar-refractivity contribution in [1.29, 1.82) is 0 Å². The van der Waals surface area contributed by atoms with Gasteiger partial charge in [0.25, 0.3) is 5.56 Å². The summed E-state index contributed by atoms with van der Waals surface area (Å²) in [5, 5.41) is 0. The van der Waals surface area contributed by atoms with Crippen LogP contribution in [0.4, 0.5) is 11.5 Å². The molecule has 1 aromatic heterocycles. The topological polar surface area (TPSA) is 116 Å². The van der Waals surface area contributed by atoms with Crippen molar-refractivity contribution in [3.05, 3.63) is 20.8 Å². The molecule has 1 aromatic rings. The number of nitrogens with one attached hydrogen (secondary N) is 1. The summed E-state index contributed by atoms with van der Waals surface area (Å²) < 4.78 is 5.93. The van der Waals surface area contributed by atoms with Gasteiger partial charge in [-0.05, 0) is 0 Å². The van der Waals surface area contributed by atoms with Gasteiger partial charge >= 0.3 is 5.69 Å². The molecule has 0 bridgehead atoms. The van der Waals surface area contributed by atoms with Gasteiger partial charge in [-0.3, -0.25) is 14.3 Å². The maximum atomic E-state index is 11.2. The SMILES string of the molecule is COCCn1c(N)c(N)c(=O)[nH]c1=O. The smallest absolute Gasteiger partial charge is 0.330 e. The molecule has 0 unspecified atom stereocenters. The number of nitrogen functional groups attached to an aromatic ring is 2. The first kappa shape index (κ1) is 10.3. The Balaban J connectivity index is 3.23. The van der Waals surface area contributed by atoms with E-state index in [2.05, 4.69) is 0 Å². The molecule has 0 saturated heterocycles. The predicted octanol–water partition coefficient (Wildman–Crippen LogP) is -1.65. The van der Waals surface area contributed by atoms with Gasteiger partial charge in [0.1, 0.15) is 11.5 Å². The molecule has 0 aliphatic carbocycles. The monoisotopic (exact) mass is 200 g/mol. The van der Waals surface area contributed by atoms with Gasteiger partial charge < -0.3 is 16.2 Å². The van der Waals surface area contributed by atoms with Gasteiger partial charge in [-0.2, -0.15) is 0 Å². The van der Waals surface area contributed by atoms with E-state index in [-0.39, 0.29) is 18.1 Å². The van der Waals surface area contributed by atoms with Crippen LogP contribution in [0.1, 0.15) is 0 Å². The van der Waals surface area contributed by atoms with Crippen molar-refractivity contribution in [3.63, 3.8) is 0 Å². The molecule has 0 aliphatic rings. The van der Waals surface area contributed by atoms with Crippen molar-refractivity contribution in [2.45, 2.75) is 6.54 Å². The van der Waals surface area contributed by atoms with Crippen LogP contribution in [-0.2, 0) is 11.3 Å². The van der Waals surface area contributed by atoms with E-state index in [0.29, 0.717) is 6.61 Å². The van der Waals surface area contributed by atoms with Crippen LogP contribution in [0.15, 0.2) is 9.59 Å². The summed E-state index contributed by atoms with van der Waals surface area (Å²) in [5.74, 6) is -0.0317. The molecule has 0 fully saturated rings. The number of H-pyrrole nitrogens is 1. The third-order valence-electron chi connectivity index (χ3n) is 1.80. The normalized spacial score (nSPS) is 10.4. The lowest BCUT2D eigenvalue weighted by Crippen LogP contribution is -2.34.